The molecule has 15 heavy (non-hydrogen) atoms. The van der Waals surface area contributed by atoms with Crippen molar-refractivity contribution in [1.82, 2.24) is 4.90 Å². The molecule has 0 aliphatic rings. The standard InChI is InChI=1S/C10H21NO.C3H8/c1-5-8-11(7-3)9(4)10(12)6-2;1-3-2/h9H,5-8H2,1-4H3;3H2,1-2H3. The fraction of sp³-hybridized carbons (Fsp3) is 0.923. The van der Waals surface area contributed by atoms with E-state index in [-0.39, 0.29) is 6.04 Å². The van der Waals surface area contributed by atoms with Gasteiger partial charge in [0.2, 0.25) is 0 Å². The number of Topliss-reactive ketones (excluding diaryl/α,β-unsaturated/α-hetero) is 1. The second-order valence-electron chi connectivity index (χ2n) is 3.83. The van der Waals surface area contributed by atoms with Crippen LogP contribution in [0.5, 0.6) is 0 Å². The number of nitrogens with zero attached hydrogens (tertiary/aromatic N) is 1. The van der Waals surface area contributed by atoms with Gasteiger partial charge in [0, 0.05) is 6.42 Å². The predicted octanol–water partition coefficient (Wildman–Crippen LogP) is 3.50. The molecule has 0 aliphatic carbocycles. The number of carbonyl (C=O) groups excluding carboxylic acids is 1. The van der Waals surface area contributed by atoms with E-state index in [1.807, 2.05) is 13.8 Å². The Morgan fingerprint density at radius 1 is 1.13 bits per heavy atom. The van der Waals surface area contributed by atoms with Crippen molar-refractivity contribution in [1.29, 1.82) is 0 Å². The molecule has 0 amide bonds. The summed E-state index contributed by atoms with van der Waals surface area (Å²) in [4.78, 5) is 13.6. The molecular formula is C13H29NO. The van der Waals surface area contributed by atoms with E-state index in [0.717, 1.165) is 19.5 Å². The third-order valence-corrected chi connectivity index (χ3v) is 2.28. The summed E-state index contributed by atoms with van der Waals surface area (Å²) in [5.41, 5.74) is 0. The average Bonchev–Trinajstić information content (AvgIpc) is 2.25. The van der Waals surface area contributed by atoms with Gasteiger partial charge in [0.05, 0.1) is 6.04 Å². The minimum absolute atomic E-state index is 0.111. The first-order chi connectivity index (χ1) is 7.08. The Hall–Kier alpha value is -0.370. The van der Waals surface area contributed by atoms with Gasteiger partial charge < -0.3 is 0 Å². The molecule has 0 saturated carbocycles. The van der Waals surface area contributed by atoms with E-state index < -0.39 is 0 Å². The molecule has 0 saturated heterocycles. The third-order valence-electron chi connectivity index (χ3n) is 2.28. The lowest BCUT2D eigenvalue weighted by atomic mass is 10.1. The Bertz CT molecular complexity index is 145. The maximum Gasteiger partial charge on any atom is 0.149 e. The number of hydrogen-bond acceptors (Lipinski definition) is 2. The van der Waals surface area contributed by atoms with Crippen LogP contribution >= 0.6 is 0 Å². The highest BCUT2D eigenvalue weighted by Crippen LogP contribution is 2.03. The van der Waals surface area contributed by atoms with Gasteiger partial charge in [-0.3, -0.25) is 9.69 Å². The Morgan fingerprint density at radius 2 is 1.60 bits per heavy atom. The van der Waals surface area contributed by atoms with Gasteiger partial charge in [-0.25, -0.2) is 0 Å². The van der Waals surface area contributed by atoms with Crippen molar-refractivity contribution in [3.8, 4) is 0 Å². The zero-order valence-corrected chi connectivity index (χ0v) is 11.5. The lowest BCUT2D eigenvalue weighted by Gasteiger charge is -2.25. The molecule has 1 atom stereocenters. The Kier molecular flexibility index (Phi) is 13.3. The van der Waals surface area contributed by atoms with Gasteiger partial charge in [-0.15, -0.1) is 0 Å². The summed E-state index contributed by atoms with van der Waals surface area (Å²) >= 11 is 0. The summed E-state index contributed by atoms with van der Waals surface area (Å²) < 4.78 is 0. The monoisotopic (exact) mass is 215 g/mol. The van der Waals surface area contributed by atoms with Gasteiger partial charge in [0.15, 0.2) is 0 Å². The minimum Gasteiger partial charge on any atom is -0.298 e. The van der Waals surface area contributed by atoms with E-state index in [1.165, 1.54) is 6.42 Å². The first-order valence-electron chi connectivity index (χ1n) is 6.35. The van der Waals surface area contributed by atoms with E-state index in [9.17, 15) is 4.79 Å². The van der Waals surface area contributed by atoms with E-state index in [0.29, 0.717) is 12.2 Å². The van der Waals surface area contributed by atoms with Crippen molar-refractivity contribution in [2.45, 2.75) is 66.8 Å². The van der Waals surface area contributed by atoms with Crippen LogP contribution in [0.3, 0.4) is 0 Å². The van der Waals surface area contributed by atoms with Crippen LogP contribution in [0.4, 0.5) is 0 Å². The maximum atomic E-state index is 11.3. The topological polar surface area (TPSA) is 20.3 Å². The third kappa shape index (κ3) is 8.61. The number of ketones is 1. The van der Waals surface area contributed by atoms with Gasteiger partial charge >= 0.3 is 0 Å². The first-order valence-corrected chi connectivity index (χ1v) is 6.35. The molecule has 2 nitrogen and oxygen atoms in total. The van der Waals surface area contributed by atoms with Gasteiger partial charge in [-0.05, 0) is 26.4 Å². The smallest absolute Gasteiger partial charge is 0.149 e. The molecule has 0 rings (SSSR count). The van der Waals surface area contributed by atoms with Gasteiger partial charge in [-0.2, -0.15) is 0 Å². The van der Waals surface area contributed by atoms with Gasteiger partial charge in [-0.1, -0.05) is 41.0 Å². The van der Waals surface area contributed by atoms with Crippen LogP contribution in [-0.2, 0) is 4.79 Å². The summed E-state index contributed by atoms with van der Waals surface area (Å²) in [5, 5.41) is 0. The molecule has 92 valence electrons. The van der Waals surface area contributed by atoms with Crippen molar-refractivity contribution in [3.63, 3.8) is 0 Å². The molecule has 0 radical (unpaired) electrons. The molecule has 0 aliphatic heterocycles. The second-order valence-corrected chi connectivity index (χ2v) is 3.83. The van der Waals surface area contributed by atoms with Crippen molar-refractivity contribution in [2.75, 3.05) is 13.1 Å². The summed E-state index contributed by atoms with van der Waals surface area (Å²) in [5.74, 6) is 0.352. The fourth-order valence-electron chi connectivity index (χ4n) is 1.41. The molecule has 0 N–H and O–H groups in total. The largest absolute Gasteiger partial charge is 0.298 e. The number of rotatable bonds is 6. The molecular weight excluding hydrogens is 186 g/mol. The zero-order valence-electron chi connectivity index (χ0n) is 11.5. The number of likely N-dealkylation sites (N-methyl/N-ethyl adjacent to an activating group) is 1. The predicted molar refractivity (Wildman–Crippen MR) is 68.3 cm³/mol. The van der Waals surface area contributed by atoms with E-state index in [1.54, 1.807) is 0 Å². The Balaban J connectivity index is 0. The van der Waals surface area contributed by atoms with Crippen molar-refractivity contribution >= 4 is 5.78 Å². The molecule has 0 heterocycles. The SMILES string of the molecule is CCC.CCCN(CC)C(C)C(=O)CC. The highest BCUT2D eigenvalue weighted by atomic mass is 16.1. The minimum atomic E-state index is 0.111. The highest BCUT2D eigenvalue weighted by molar-refractivity contribution is 5.83. The normalized spacial score (nSPS) is 11.9. The van der Waals surface area contributed by atoms with Gasteiger partial charge in [0.1, 0.15) is 5.78 Å². The van der Waals surface area contributed by atoms with E-state index in [4.69, 9.17) is 0 Å². The molecule has 0 bridgehead atoms. The lowest BCUT2D eigenvalue weighted by Crippen LogP contribution is -2.39. The van der Waals surface area contributed by atoms with Crippen LogP contribution in [0.15, 0.2) is 0 Å². The fourth-order valence-corrected chi connectivity index (χ4v) is 1.41. The van der Waals surface area contributed by atoms with Crippen molar-refractivity contribution < 1.29 is 4.79 Å². The number of carbonyl (C=O) groups is 1. The lowest BCUT2D eigenvalue weighted by molar-refractivity contribution is -0.123. The first kappa shape index (κ1) is 17.0. The second kappa shape index (κ2) is 11.7. The summed E-state index contributed by atoms with van der Waals surface area (Å²) in [6, 6.07) is 0.111. The quantitative estimate of drug-likeness (QED) is 0.676. The molecule has 0 spiro atoms. The molecule has 2 heteroatoms. The summed E-state index contributed by atoms with van der Waals surface area (Å²) in [6.45, 7) is 14.4. The van der Waals surface area contributed by atoms with Gasteiger partial charge in [0.25, 0.3) is 0 Å². The van der Waals surface area contributed by atoms with Crippen LogP contribution in [0, 0.1) is 0 Å². The van der Waals surface area contributed by atoms with Crippen molar-refractivity contribution in [3.05, 3.63) is 0 Å². The Morgan fingerprint density at radius 3 is 1.87 bits per heavy atom. The van der Waals surface area contributed by atoms with Crippen LogP contribution in [-0.4, -0.2) is 29.8 Å². The zero-order chi connectivity index (χ0) is 12.3. The van der Waals surface area contributed by atoms with Crippen LogP contribution in [0.25, 0.3) is 0 Å². The molecule has 0 aromatic heterocycles. The van der Waals surface area contributed by atoms with Crippen LogP contribution < -0.4 is 0 Å². The summed E-state index contributed by atoms with van der Waals surface area (Å²) in [6.07, 6.45) is 3.02. The number of hydrogen-bond donors (Lipinski definition) is 0. The maximum absolute atomic E-state index is 11.3. The average molecular weight is 215 g/mol. The molecule has 1 unspecified atom stereocenters. The van der Waals surface area contributed by atoms with Crippen LogP contribution in [0.1, 0.15) is 60.8 Å². The molecule has 0 aromatic carbocycles. The Labute approximate surface area is 96.0 Å². The van der Waals surface area contributed by atoms with E-state index in [2.05, 4.69) is 32.6 Å². The molecule has 0 aromatic rings. The summed E-state index contributed by atoms with van der Waals surface area (Å²) in [7, 11) is 0. The highest BCUT2D eigenvalue weighted by Gasteiger charge is 2.16. The van der Waals surface area contributed by atoms with E-state index >= 15 is 0 Å². The van der Waals surface area contributed by atoms with Crippen LogP contribution in [0.2, 0.25) is 0 Å². The molecule has 0 fully saturated rings. The van der Waals surface area contributed by atoms with Crippen molar-refractivity contribution in [2.24, 2.45) is 0 Å².